The van der Waals surface area contributed by atoms with E-state index in [4.69, 9.17) is 9.47 Å². The van der Waals surface area contributed by atoms with Crippen molar-refractivity contribution in [3.63, 3.8) is 0 Å². The van der Waals surface area contributed by atoms with E-state index < -0.39 is 11.8 Å². The third-order valence-corrected chi connectivity index (χ3v) is 3.41. The van der Waals surface area contributed by atoms with Gasteiger partial charge >= 0.3 is 0 Å². The van der Waals surface area contributed by atoms with Crippen LogP contribution in [0.3, 0.4) is 0 Å². The lowest BCUT2D eigenvalue weighted by Crippen LogP contribution is -2.24. The lowest BCUT2D eigenvalue weighted by Gasteiger charge is -2.14. The number of hydrazone groups is 1. The summed E-state index contributed by atoms with van der Waals surface area (Å²) in [5, 5.41) is 6.53. The Balaban J connectivity index is 1.89. The highest BCUT2D eigenvalue weighted by Gasteiger charge is 2.09. The maximum atomic E-state index is 11.8. The predicted octanol–water partition coefficient (Wildman–Crippen LogP) is 3.35. The van der Waals surface area contributed by atoms with Crippen molar-refractivity contribution in [3.05, 3.63) is 54.1 Å². The molecule has 0 fully saturated rings. The summed E-state index contributed by atoms with van der Waals surface area (Å²) in [7, 11) is 0. The number of rotatable bonds is 9. The number of carbonyl (C=O) groups is 2. The molecular formula is C21H25N3O4. The SMILES string of the molecule is CCOc1cc(C=NNC(=O)CC(=O)Nc2ccccc2)ccc1OC(C)C. The van der Waals surface area contributed by atoms with Crippen LogP contribution in [0.25, 0.3) is 0 Å². The summed E-state index contributed by atoms with van der Waals surface area (Å²) in [4.78, 5) is 23.7. The van der Waals surface area contributed by atoms with E-state index in [1.54, 1.807) is 42.5 Å². The van der Waals surface area contributed by atoms with Crippen LogP contribution in [0.4, 0.5) is 5.69 Å². The van der Waals surface area contributed by atoms with E-state index in [9.17, 15) is 9.59 Å². The van der Waals surface area contributed by atoms with Gasteiger partial charge in [-0.1, -0.05) is 18.2 Å². The molecule has 0 spiro atoms. The van der Waals surface area contributed by atoms with Gasteiger partial charge in [-0.2, -0.15) is 5.10 Å². The number of benzene rings is 2. The van der Waals surface area contributed by atoms with Crippen molar-refractivity contribution in [1.29, 1.82) is 0 Å². The van der Waals surface area contributed by atoms with Gasteiger partial charge in [-0.3, -0.25) is 9.59 Å². The monoisotopic (exact) mass is 383 g/mol. The molecule has 2 N–H and O–H groups in total. The van der Waals surface area contributed by atoms with Crippen molar-refractivity contribution in [1.82, 2.24) is 5.43 Å². The number of nitrogens with zero attached hydrogens (tertiary/aromatic N) is 1. The van der Waals surface area contributed by atoms with Crippen molar-refractivity contribution in [2.75, 3.05) is 11.9 Å². The smallest absolute Gasteiger partial charge is 0.249 e. The molecule has 2 rings (SSSR count). The number of para-hydroxylation sites is 1. The van der Waals surface area contributed by atoms with Gasteiger partial charge in [0.25, 0.3) is 0 Å². The molecule has 7 nitrogen and oxygen atoms in total. The summed E-state index contributed by atoms with van der Waals surface area (Å²) in [6, 6.07) is 14.3. The molecule has 0 aliphatic heterocycles. The van der Waals surface area contributed by atoms with Gasteiger partial charge in [0, 0.05) is 5.69 Å². The molecule has 2 amide bonds. The first-order chi connectivity index (χ1) is 13.5. The fourth-order valence-electron chi connectivity index (χ4n) is 2.32. The van der Waals surface area contributed by atoms with Crippen LogP contribution in [0.15, 0.2) is 53.6 Å². The number of amides is 2. The molecule has 0 unspecified atom stereocenters. The van der Waals surface area contributed by atoms with E-state index in [-0.39, 0.29) is 12.5 Å². The van der Waals surface area contributed by atoms with E-state index in [0.29, 0.717) is 23.8 Å². The second-order valence-corrected chi connectivity index (χ2v) is 6.19. The molecule has 7 heteroatoms. The third kappa shape index (κ3) is 7.11. The normalized spacial score (nSPS) is 10.7. The Morgan fingerprint density at radius 3 is 2.50 bits per heavy atom. The van der Waals surface area contributed by atoms with Crippen molar-refractivity contribution >= 4 is 23.7 Å². The molecule has 0 bridgehead atoms. The summed E-state index contributed by atoms with van der Waals surface area (Å²) >= 11 is 0. The number of anilines is 1. The molecule has 2 aromatic rings. The van der Waals surface area contributed by atoms with Gasteiger partial charge in [-0.15, -0.1) is 0 Å². The van der Waals surface area contributed by atoms with E-state index >= 15 is 0 Å². The van der Waals surface area contributed by atoms with E-state index in [0.717, 1.165) is 5.56 Å². The molecule has 2 aromatic carbocycles. The Kier molecular flexibility index (Phi) is 8.02. The van der Waals surface area contributed by atoms with E-state index in [1.165, 1.54) is 6.21 Å². The molecule has 148 valence electrons. The fraction of sp³-hybridized carbons (Fsp3) is 0.286. The largest absolute Gasteiger partial charge is 0.490 e. The molecule has 0 atom stereocenters. The molecule has 0 aliphatic rings. The Morgan fingerprint density at radius 1 is 1.07 bits per heavy atom. The highest BCUT2D eigenvalue weighted by atomic mass is 16.5. The first-order valence-corrected chi connectivity index (χ1v) is 9.08. The average molecular weight is 383 g/mol. The quantitative estimate of drug-likeness (QED) is 0.395. The van der Waals surface area contributed by atoms with Gasteiger partial charge in [0.15, 0.2) is 11.5 Å². The molecule has 0 aliphatic carbocycles. The van der Waals surface area contributed by atoms with Gasteiger partial charge in [-0.25, -0.2) is 5.43 Å². The van der Waals surface area contributed by atoms with Gasteiger partial charge in [0.1, 0.15) is 6.42 Å². The Labute approximate surface area is 164 Å². The highest BCUT2D eigenvalue weighted by molar-refractivity contribution is 6.03. The van der Waals surface area contributed by atoms with Crippen LogP contribution in [0.5, 0.6) is 11.5 Å². The van der Waals surface area contributed by atoms with Crippen LogP contribution >= 0.6 is 0 Å². The molecular weight excluding hydrogens is 358 g/mol. The fourth-order valence-corrected chi connectivity index (χ4v) is 2.32. The summed E-state index contributed by atoms with van der Waals surface area (Å²) in [6.45, 7) is 6.27. The number of nitrogens with one attached hydrogen (secondary N) is 2. The minimum Gasteiger partial charge on any atom is -0.490 e. The topological polar surface area (TPSA) is 89.0 Å². The second kappa shape index (κ2) is 10.7. The lowest BCUT2D eigenvalue weighted by atomic mass is 10.2. The Morgan fingerprint density at radius 2 is 1.82 bits per heavy atom. The average Bonchev–Trinajstić information content (AvgIpc) is 2.64. The number of hydrogen-bond donors (Lipinski definition) is 2. The Bertz CT molecular complexity index is 820. The molecule has 0 saturated heterocycles. The molecule has 0 aromatic heterocycles. The van der Waals surface area contributed by atoms with Crippen LogP contribution in [0.1, 0.15) is 32.8 Å². The molecule has 28 heavy (non-hydrogen) atoms. The third-order valence-electron chi connectivity index (χ3n) is 3.41. The Hall–Kier alpha value is -3.35. The van der Waals surface area contributed by atoms with Crippen molar-refractivity contribution in [3.8, 4) is 11.5 Å². The van der Waals surface area contributed by atoms with Crippen molar-refractivity contribution < 1.29 is 19.1 Å². The first-order valence-electron chi connectivity index (χ1n) is 9.08. The zero-order valence-corrected chi connectivity index (χ0v) is 16.3. The van der Waals surface area contributed by atoms with Gasteiger partial charge < -0.3 is 14.8 Å². The number of hydrogen-bond acceptors (Lipinski definition) is 5. The lowest BCUT2D eigenvalue weighted by molar-refractivity contribution is -0.126. The number of carbonyl (C=O) groups excluding carboxylic acids is 2. The molecule has 0 radical (unpaired) electrons. The minimum absolute atomic E-state index is 0.0278. The summed E-state index contributed by atoms with van der Waals surface area (Å²) in [5.74, 6) is 0.339. The predicted molar refractivity (Wildman–Crippen MR) is 109 cm³/mol. The summed E-state index contributed by atoms with van der Waals surface area (Å²) in [5.41, 5.74) is 3.71. The zero-order valence-electron chi connectivity index (χ0n) is 16.3. The highest BCUT2D eigenvalue weighted by Crippen LogP contribution is 2.28. The zero-order chi connectivity index (χ0) is 20.4. The van der Waals surface area contributed by atoms with Crippen LogP contribution < -0.4 is 20.2 Å². The van der Waals surface area contributed by atoms with Gasteiger partial charge in [-0.05, 0) is 56.7 Å². The van der Waals surface area contributed by atoms with Gasteiger partial charge in [0.2, 0.25) is 11.8 Å². The maximum absolute atomic E-state index is 11.8. The van der Waals surface area contributed by atoms with Crippen LogP contribution in [0.2, 0.25) is 0 Å². The summed E-state index contributed by atoms with van der Waals surface area (Å²) < 4.78 is 11.3. The molecule has 0 saturated carbocycles. The van der Waals surface area contributed by atoms with Crippen LogP contribution in [0, 0.1) is 0 Å². The minimum atomic E-state index is -0.505. The summed E-state index contributed by atoms with van der Waals surface area (Å²) in [6.07, 6.45) is 1.19. The van der Waals surface area contributed by atoms with E-state index in [1.807, 2.05) is 26.8 Å². The van der Waals surface area contributed by atoms with Crippen molar-refractivity contribution in [2.24, 2.45) is 5.10 Å². The standard InChI is InChI=1S/C21H25N3O4/c1-4-27-19-12-16(10-11-18(19)28-15(2)3)14-22-24-21(26)13-20(25)23-17-8-6-5-7-9-17/h5-12,14-15H,4,13H2,1-3H3,(H,23,25)(H,24,26). The van der Waals surface area contributed by atoms with Crippen molar-refractivity contribution in [2.45, 2.75) is 33.3 Å². The van der Waals surface area contributed by atoms with Crippen LogP contribution in [-0.2, 0) is 9.59 Å². The van der Waals surface area contributed by atoms with Gasteiger partial charge in [0.05, 0.1) is 18.9 Å². The maximum Gasteiger partial charge on any atom is 0.249 e. The number of ether oxygens (including phenoxy) is 2. The van der Waals surface area contributed by atoms with E-state index in [2.05, 4.69) is 15.8 Å². The van der Waals surface area contributed by atoms with Crippen LogP contribution in [-0.4, -0.2) is 30.7 Å². The molecule has 0 heterocycles. The second-order valence-electron chi connectivity index (χ2n) is 6.19. The first kappa shape index (κ1) is 21.0.